The van der Waals surface area contributed by atoms with E-state index in [2.05, 4.69) is 21.9 Å². The minimum Gasteiger partial charge on any atom is -0.377 e. The van der Waals surface area contributed by atoms with E-state index in [4.69, 9.17) is 57.3 Å². The monoisotopic (exact) mass is 678 g/mol. The summed E-state index contributed by atoms with van der Waals surface area (Å²) in [6.07, 6.45) is 3.61. The van der Waals surface area contributed by atoms with Gasteiger partial charge < -0.3 is 57.2 Å². The van der Waals surface area contributed by atoms with Crippen LogP contribution in [0.3, 0.4) is 0 Å². The number of ether oxygens (including phenoxy) is 10. The lowest BCUT2D eigenvalue weighted by Gasteiger charge is -2.29. The summed E-state index contributed by atoms with van der Waals surface area (Å²) in [7, 11) is 0. The van der Waals surface area contributed by atoms with Crippen molar-refractivity contribution in [1.82, 2.24) is 9.97 Å². The van der Waals surface area contributed by atoms with Gasteiger partial charge in [0, 0.05) is 38.6 Å². The van der Waals surface area contributed by atoms with Gasteiger partial charge in [-0.2, -0.15) is 0 Å². The van der Waals surface area contributed by atoms with Gasteiger partial charge in [-0.05, 0) is 24.3 Å². The highest BCUT2D eigenvalue weighted by Gasteiger charge is 2.20. The largest absolute Gasteiger partial charge is 0.377 e. The Kier molecular flexibility index (Phi) is 20.3. The molecule has 2 fully saturated rings. The normalized spacial score (nSPS) is 21.3. The zero-order valence-corrected chi connectivity index (χ0v) is 28.3. The van der Waals surface area contributed by atoms with E-state index in [1.165, 1.54) is 0 Å². The number of nitrogens with zero attached hydrogens (tertiary/aromatic N) is 4. The van der Waals surface area contributed by atoms with Gasteiger partial charge in [0.25, 0.3) is 0 Å². The van der Waals surface area contributed by atoms with Gasteiger partial charge >= 0.3 is 0 Å². The number of rotatable bonds is 3. The molecule has 4 rings (SSSR count). The first kappa shape index (κ1) is 38.3. The van der Waals surface area contributed by atoms with Crippen molar-refractivity contribution < 1.29 is 47.4 Å². The van der Waals surface area contributed by atoms with E-state index in [0.717, 1.165) is 22.8 Å². The highest BCUT2D eigenvalue weighted by Crippen LogP contribution is 2.34. The van der Waals surface area contributed by atoms with Crippen LogP contribution in [-0.4, -0.2) is 168 Å². The fraction of sp³-hybridized carbons (Fsp3) is 0.706. The van der Waals surface area contributed by atoms with Crippen LogP contribution in [-0.2, 0) is 47.4 Å². The third-order valence-corrected chi connectivity index (χ3v) is 7.48. The number of aromatic nitrogens is 2. The van der Waals surface area contributed by atoms with Crippen LogP contribution < -0.4 is 9.80 Å². The van der Waals surface area contributed by atoms with Crippen molar-refractivity contribution >= 4 is 11.4 Å². The maximum absolute atomic E-state index is 5.94. The Labute approximate surface area is 284 Å². The minimum atomic E-state index is 0.503. The lowest BCUT2D eigenvalue weighted by molar-refractivity contribution is -0.0116. The van der Waals surface area contributed by atoms with Crippen LogP contribution in [0, 0.1) is 0 Å². The number of hydrogen-bond acceptors (Lipinski definition) is 14. The molecule has 14 heteroatoms. The van der Waals surface area contributed by atoms with E-state index in [9.17, 15) is 0 Å². The second-order valence-electron chi connectivity index (χ2n) is 10.8. The molecule has 0 atom stereocenters. The van der Waals surface area contributed by atoms with Gasteiger partial charge in [0.05, 0.1) is 144 Å². The summed E-state index contributed by atoms with van der Waals surface area (Å²) in [5.41, 5.74) is 3.48. The molecule has 0 unspecified atom stereocenters. The smallest absolute Gasteiger partial charge is 0.114 e. The molecule has 0 N–H and O–H groups in total. The average Bonchev–Trinajstić information content (AvgIpc) is 3.11. The maximum atomic E-state index is 5.94. The van der Waals surface area contributed by atoms with E-state index in [0.29, 0.717) is 158 Å². The third-order valence-electron chi connectivity index (χ3n) is 7.48. The van der Waals surface area contributed by atoms with E-state index in [1.807, 2.05) is 12.1 Å². The fourth-order valence-electron chi connectivity index (χ4n) is 5.04. The van der Waals surface area contributed by atoms with Crippen molar-refractivity contribution in [3.63, 3.8) is 0 Å². The predicted molar refractivity (Wildman–Crippen MR) is 180 cm³/mol. The van der Waals surface area contributed by atoms with Crippen molar-refractivity contribution in [2.24, 2.45) is 0 Å². The Hall–Kier alpha value is -2.50. The molecule has 0 radical (unpaired) electrons. The predicted octanol–water partition coefficient (Wildman–Crippen LogP) is 1.95. The van der Waals surface area contributed by atoms with Crippen LogP contribution in [0.1, 0.15) is 0 Å². The molecule has 4 heterocycles. The first-order chi connectivity index (χ1) is 23.9. The second-order valence-corrected chi connectivity index (χ2v) is 10.8. The van der Waals surface area contributed by atoms with Gasteiger partial charge in [0.1, 0.15) is 11.4 Å². The molecule has 14 nitrogen and oxygen atoms in total. The summed E-state index contributed by atoms with van der Waals surface area (Å²) in [4.78, 5) is 14.2. The maximum Gasteiger partial charge on any atom is 0.114 e. The van der Waals surface area contributed by atoms with Crippen molar-refractivity contribution in [2.45, 2.75) is 0 Å². The molecule has 2 aliphatic heterocycles. The quantitative estimate of drug-likeness (QED) is 0.470. The van der Waals surface area contributed by atoms with Crippen molar-refractivity contribution in [2.75, 3.05) is 168 Å². The lowest BCUT2D eigenvalue weighted by Crippen LogP contribution is -2.33. The van der Waals surface area contributed by atoms with Gasteiger partial charge in [-0.25, -0.2) is 0 Å². The summed E-state index contributed by atoms with van der Waals surface area (Å²) >= 11 is 0. The molecule has 270 valence electrons. The Bertz CT molecular complexity index is 968. The van der Waals surface area contributed by atoms with E-state index in [1.54, 1.807) is 12.4 Å². The molecule has 0 saturated carbocycles. The standard InChI is InChI=1S/C34H54N4O10/c1-3-31(37-7-11-39-15-19-43-23-27-47-28-24-44-20-16-40-12-8-37)33(35-5-1)34-32(4-2-6-36-34)38-9-13-41-17-21-45-25-29-48-30-26-46-22-18-42-14-10-38/h1-6H,7-30H2. The van der Waals surface area contributed by atoms with Crippen molar-refractivity contribution in [3.8, 4) is 11.4 Å². The summed E-state index contributed by atoms with van der Waals surface area (Å²) in [5.74, 6) is 0. The van der Waals surface area contributed by atoms with Gasteiger partial charge in [-0.1, -0.05) is 0 Å². The van der Waals surface area contributed by atoms with Gasteiger partial charge in [-0.3, -0.25) is 9.97 Å². The summed E-state index contributed by atoms with van der Waals surface area (Å²) in [5, 5.41) is 0. The number of anilines is 2. The molecular weight excluding hydrogens is 624 g/mol. The molecule has 0 aliphatic carbocycles. The van der Waals surface area contributed by atoms with E-state index >= 15 is 0 Å². The second kappa shape index (κ2) is 25.5. The summed E-state index contributed by atoms with van der Waals surface area (Å²) in [6.45, 7) is 13.0. The van der Waals surface area contributed by atoms with Gasteiger partial charge in [0.15, 0.2) is 0 Å². The Balaban J connectivity index is 1.48. The van der Waals surface area contributed by atoms with Crippen molar-refractivity contribution in [1.29, 1.82) is 0 Å². The lowest BCUT2D eigenvalue weighted by atomic mass is 10.1. The first-order valence-corrected chi connectivity index (χ1v) is 17.1. The molecule has 0 aromatic carbocycles. The first-order valence-electron chi connectivity index (χ1n) is 17.1. The zero-order valence-electron chi connectivity index (χ0n) is 28.3. The van der Waals surface area contributed by atoms with E-state index < -0.39 is 0 Å². The number of pyridine rings is 2. The molecule has 0 spiro atoms. The molecule has 0 bridgehead atoms. The SMILES string of the molecule is c1cnc(-c2ncccc2N2CCOCCOCCOCCOCCOCC2)c(N2CCOCCOCCOCCOCCOCC2)c1. The van der Waals surface area contributed by atoms with E-state index in [-0.39, 0.29) is 0 Å². The van der Waals surface area contributed by atoms with Crippen LogP contribution in [0.25, 0.3) is 11.4 Å². The third kappa shape index (κ3) is 15.4. The van der Waals surface area contributed by atoms with Gasteiger partial charge in [-0.15, -0.1) is 0 Å². The summed E-state index contributed by atoms with van der Waals surface area (Å²) in [6, 6.07) is 8.06. The Morgan fingerprint density at radius 3 is 0.812 bits per heavy atom. The molecule has 2 aromatic heterocycles. The highest BCUT2D eigenvalue weighted by atomic mass is 16.6. The molecule has 2 aliphatic rings. The number of hydrogen-bond donors (Lipinski definition) is 0. The minimum absolute atomic E-state index is 0.503. The van der Waals surface area contributed by atoms with Gasteiger partial charge in [0.2, 0.25) is 0 Å². The highest BCUT2D eigenvalue weighted by molar-refractivity contribution is 5.81. The topological polar surface area (TPSA) is 125 Å². The summed E-state index contributed by atoms with van der Waals surface area (Å²) < 4.78 is 57.3. The van der Waals surface area contributed by atoms with Crippen LogP contribution in [0.5, 0.6) is 0 Å². The molecule has 0 amide bonds. The van der Waals surface area contributed by atoms with Crippen LogP contribution >= 0.6 is 0 Å². The molecule has 48 heavy (non-hydrogen) atoms. The molecule has 2 aromatic rings. The van der Waals surface area contributed by atoms with Crippen LogP contribution in [0.15, 0.2) is 36.7 Å². The van der Waals surface area contributed by atoms with Crippen LogP contribution in [0.4, 0.5) is 11.4 Å². The molecule has 2 saturated heterocycles. The Morgan fingerprint density at radius 1 is 0.333 bits per heavy atom. The Morgan fingerprint density at radius 2 is 0.562 bits per heavy atom. The fourth-order valence-corrected chi connectivity index (χ4v) is 5.04. The average molecular weight is 679 g/mol. The van der Waals surface area contributed by atoms with Crippen molar-refractivity contribution in [3.05, 3.63) is 36.7 Å². The zero-order chi connectivity index (χ0) is 33.2. The van der Waals surface area contributed by atoms with Crippen LogP contribution in [0.2, 0.25) is 0 Å². The molecular formula is C34H54N4O10.